The van der Waals surface area contributed by atoms with Gasteiger partial charge in [0.05, 0.1) is 6.04 Å². The van der Waals surface area contributed by atoms with Crippen molar-refractivity contribution in [2.75, 3.05) is 5.32 Å². The normalized spacial score (nSPS) is 17.6. The third kappa shape index (κ3) is 3.41. The van der Waals surface area contributed by atoms with E-state index < -0.39 is 0 Å². The molecule has 0 saturated heterocycles. The Morgan fingerprint density at radius 1 is 1.29 bits per heavy atom. The number of benzene rings is 1. The Kier molecular flexibility index (Phi) is 4.49. The van der Waals surface area contributed by atoms with E-state index in [9.17, 15) is 0 Å². The summed E-state index contributed by atoms with van der Waals surface area (Å²) >= 11 is 6.08. The van der Waals surface area contributed by atoms with E-state index in [1.165, 1.54) is 37.7 Å². The van der Waals surface area contributed by atoms with Gasteiger partial charge < -0.3 is 9.88 Å². The summed E-state index contributed by atoms with van der Waals surface area (Å²) in [7, 11) is 0. The van der Waals surface area contributed by atoms with Gasteiger partial charge in [-0.05, 0) is 37.5 Å². The van der Waals surface area contributed by atoms with E-state index in [0.29, 0.717) is 6.04 Å². The molecule has 1 saturated carbocycles. The Morgan fingerprint density at radius 2 is 2.10 bits per heavy atom. The average Bonchev–Trinajstić information content (AvgIpc) is 2.96. The van der Waals surface area contributed by atoms with E-state index in [2.05, 4.69) is 34.1 Å². The second-order valence-corrected chi connectivity index (χ2v) is 6.31. The van der Waals surface area contributed by atoms with Gasteiger partial charge in [-0.15, -0.1) is 0 Å². The fourth-order valence-electron chi connectivity index (χ4n) is 3.13. The summed E-state index contributed by atoms with van der Waals surface area (Å²) in [5.74, 6) is 0.967. The van der Waals surface area contributed by atoms with Gasteiger partial charge in [-0.2, -0.15) is 0 Å². The largest absolute Gasteiger partial charge is 0.349 e. The third-order valence-corrected chi connectivity index (χ3v) is 4.57. The molecular formula is C17H22ClN3. The predicted molar refractivity (Wildman–Crippen MR) is 87.8 cm³/mol. The molecule has 1 heterocycles. The fraction of sp³-hybridized carbons (Fsp3) is 0.471. The molecule has 4 heteroatoms. The molecule has 112 valence electrons. The van der Waals surface area contributed by atoms with Gasteiger partial charge in [0, 0.05) is 23.5 Å². The standard InChI is InChI=1S/C17H22ClN3/c1-13(14-6-5-7-15(18)12-14)20-17-19-10-11-21(17)16-8-3-2-4-9-16/h5-7,10-13,16H,2-4,8-9H2,1H3,(H,19,20). The zero-order valence-corrected chi connectivity index (χ0v) is 13.2. The van der Waals surface area contributed by atoms with E-state index in [1.54, 1.807) is 0 Å². The molecule has 1 fully saturated rings. The first kappa shape index (κ1) is 14.5. The smallest absolute Gasteiger partial charge is 0.203 e. The molecule has 0 radical (unpaired) electrons. The highest BCUT2D eigenvalue weighted by molar-refractivity contribution is 6.30. The lowest BCUT2D eigenvalue weighted by atomic mass is 9.95. The summed E-state index contributed by atoms with van der Waals surface area (Å²) < 4.78 is 2.31. The van der Waals surface area contributed by atoms with Crippen molar-refractivity contribution < 1.29 is 0 Å². The topological polar surface area (TPSA) is 29.9 Å². The monoisotopic (exact) mass is 303 g/mol. The second kappa shape index (κ2) is 6.52. The van der Waals surface area contributed by atoms with Crippen LogP contribution in [0.4, 0.5) is 5.95 Å². The summed E-state index contributed by atoms with van der Waals surface area (Å²) in [5.41, 5.74) is 1.18. The van der Waals surface area contributed by atoms with Crippen LogP contribution in [0, 0.1) is 0 Å². The molecule has 1 aromatic heterocycles. The maximum Gasteiger partial charge on any atom is 0.203 e. The minimum Gasteiger partial charge on any atom is -0.349 e. The van der Waals surface area contributed by atoms with Gasteiger partial charge in [0.2, 0.25) is 5.95 Å². The molecule has 1 atom stereocenters. The lowest BCUT2D eigenvalue weighted by Gasteiger charge is -2.26. The molecule has 1 aliphatic carbocycles. The zero-order chi connectivity index (χ0) is 14.7. The van der Waals surface area contributed by atoms with Gasteiger partial charge >= 0.3 is 0 Å². The maximum atomic E-state index is 6.08. The zero-order valence-electron chi connectivity index (χ0n) is 12.4. The summed E-state index contributed by atoms with van der Waals surface area (Å²) in [6, 6.07) is 8.78. The second-order valence-electron chi connectivity index (χ2n) is 5.87. The van der Waals surface area contributed by atoms with E-state index in [-0.39, 0.29) is 6.04 Å². The summed E-state index contributed by atoms with van der Waals surface area (Å²) in [6.07, 6.45) is 10.5. The number of hydrogen-bond acceptors (Lipinski definition) is 2. The van der Waals surface area contributed by atoms with Crippen molar-refractivity contribution in [1.29, 1.82) is 0 Å². The van der Waals surface area contributed by atoms with Crippen LogP contribution in [0.1, 0.15) is 56.7 Å². The predicted octanol–water partition coefficient (Wildman–Crippen LogP) is 5.21. The Labute approximate surface area is 131 Å². The number of imidazole rings is 1. The van der Waals surface area contributed by atoms with Crippen molar-refractivity contribution in [3.05, 3.63) is 47.2 Å². The molecule has 3 rings (SSSR count). The molecule has 1 unspecified atom stereocenters. The molecule has 0 aliphatic heterocycles. The van der Waals surface area contributed by atoms with E-state index in [0.717, 1.165) is 11.0 Å². The van der Waals surface area contributed by atoms with Crippen molar-refractivity contribution in [3.63, 3.8) is 0 Å². The Bertz CT molecular complexity index is 587. The maximum absolute atomic E-state index is 6.08. The lowest BCUT2D eigenvalue weighted by Crippen LogP contribution is -2.17. The van der Waals surface area contributed by atoms with E-state index in [4.69, 9.17) is 11.6 Å². The van der Waals surface area contributed by atoms with E-state index >= 15 is 0 Å². The van der Waals surface area contributed by atoms with Crippen LogP contribution >= 0.6 is 11.6 Å². The van der Waals surface area contributed by atoms with Crippen LogP contribution < -0.4 is 5.32 Å². The molecule has 2 aromatic rings. The van der Waals surface area contributed by atoms with Crippen molar-refractivity contribution >= 4 is 17.5 Å². The number of anilines is 1. The van der Waals surface area contributed by atoms with Gasteiger partial charge in [-0.25, -0.2) is 4.98 Å². The summed E-state index contributed by atoms with van der Waals surface area (Å²) in [6.45, 7) is 2.14. The Balaban J connectivity index is 1.74. The highest BCUT2D eigenvalue weighted by atomic mass is 35.5. The Morgan fingerprint density at radius 3 is 2.86 bits per heavy atom. The molecule has 1 N–H and O–H groups in total. The number of nitrogens with zero attached hydrogens (tertiary/aromatic N) is 2. The van der Waals surface area contributed by atoms with Crippen LogP contribution in [0.2, 0.25) is 5.02 Å². The average molecular weight is 304 g/mol. The van der Waals surface area contributed by atoms with Crippen LogP contribution in [-0.2, 0) is 0 Å². The van der Waals surface area contributed by atoms with Gasteiger partial charge in [-0.3, -0.25) is 0 Å². The molecule has 1 aromatic carbocycles. The molecule has 0 bridgehead atoms. The number of halogens is 1. The summed E-state index contributed by atoms with van der Waals surface area (Å²) in [5, 5.41) is 4.30. The van der Waals surface area contributed by atoms with Crippen LogP contribution in [-0.4, -0.2) is 9.55 Å². The third-order valence-electron chi connectivity index (χ3n) is 4.33. The van der Waals surface area contributed by atoms with Crippen molar-refractivity contribution in [2.45, 2.75) is 51.1 Å². The first-order valence-electron chi connectivity index (χ1n) is 7.79. The number of rotatable bonds is 4. The van der Waals surface area contributed by atoms with Crippen LogP contribution in [0.25, 0.3) is 0 Å². The number of hydrogen-bond donors (Lipinski definition) is 1. The summed E-state index contributed by atoms with van der Waals surface area (Å²) in [4.78, 5) is 4.50. The van der Waals surface area contributed by atoms with Crippen LogP contribution in [0.5, 0.6) is 0 Å². The van der Waals surface area contributed by atoms with Crippen molar-refractivity contribution in [1.82, 2.24) is 9.55 Å². The minimum absolute atomic E-state index is 0.188. The van der Waals surface area contributed by atoms with Crippen molar-refractivity contribution in [2.24, 2.45) is 0 Å². The van der Waals surface area contributed by atoms with Gasteiger partial charge in [0.15, 0.2) is 0 Å². The van der Waals surface area contributed by atoms with Crippen LogP contribution in [0.3, 0.4) is 0 Å². The molecule has 1 aliphatic rings. The number of aromatic nitrogens is 2. The molecule has 0 spiro atoms. The molecular weight excluding hydrogens is 282 g/mol. The van der Waals surface area contributed by atoms with Crippen LogP contribution in [0.15, 0.2) is 36.7 Å². The molecule has 21 heavy (non-hydrogen) atoms. The lowest BCUT2D eigenvalue weighted by molar-refractivity contribution is 0.355. The first-order chi connectivity index (χ1) is 10.2. The SMILES string of the molecule is CC(Nc1nccn1C1CCCCC1)c1cccc(Cl)c1. The highest BCUT2D eigenvalue weighted by Gasteiger charge is 2.18. The Hall–Kier alpha value is -1.48. The quantitative estimate of drug-likeness (QED) is 0.839. The molecule has 3 nitrogen and oxygen atoms in total. The number of nitrogens with one attached hydrogen (secondary N) is 1. The van der Waals surface area contributed by atoms with Gasteiger partial charge in [0.1, 0.15) is 0 Å². The highest BCUT2D eigenvalue weighted by Crippen LogP contribution is 2.31. The fourth-order valence-corrected chi connectivity index (χ4v) is 3.33. The molecule has 0 amide bonds. The van der Waals surface area contributed by atoms with Crippen molar-refractivity contribution in [3.8, 4) is 0 Å². The van der Waals surface area contributed by atoms with Gasteiger partial charge in [0.25, 0.3) is 0 Å². The first-order valence-corrected chi connectivity index (χ1v) is 8.16. The van der Waals surface area contributed by atoms with Gasteiger partial charge in [-0.1, -0.05) is 43.0 Å². The minimum atomic E-state index is 0.188. The van der Waals surface area contributed by atoms with E-state index in [1.807, 2.05) is 24.4 Å².